The molecule has 152 valence electrons. The van der Waals surface area contributed by atoms with Crippen LogP contribution in [0.4, 0.5) is 11.4 Å². The second-order valence-corrected chi connectivity index (χ2v) is 9.36. The summed E-state index contributed by atoms with van der Waals surface area (Å²) in [6, 6.07) is 13.0. The Hall–Kier alpha value is -2.87. The molecular weight excluding hydrogens is 390 g/mol. The van der Waals surface area contributed by atoms with Crippen LogP contribution in [0.25, 0.3) is 0 Å². The first-order chi connectivity index (χ1) is 13.8. The Morgan fingerprint density at radius 2 is 1.79 bits per heavy atom. The van der Waals surface area contributed by atoms with Gasteiger partial charge in [0, 0.05) is 24.7 Å². The fourth-order valence-electron chi connectivity index (χ4n) is 4.25. The minimum absolute atomic E-state index is 0.0525. The first-order valence-corrected chi connectivity index (χ1v) is 11.1. The summed E-state index contributed by atoms with van der Waals surface area (Å²) in [6.45, 7) is 2.43. The zero-order valence-corrected chi connectivity index (χ0v) is 16.9. The summed E-state index contributed by atoms with van der Waals surface area (Å²) in [5.74, 6) is -0.922. The first-order valence-electron chi connectivity index (χ1n) is 9.64. The molecule has 2 atom stereocenters. The Morgan fingerprint density at radius 1 is 1.10 bits per heavy atom. The highest BCUT2D eigenvalue weighted by Crippen LogP contribution is 2.41. The molecule has 0 bridgehead atoms. The number of fused-ring (bicyclic) bond motifs is 1. The normalized spacial score (nSPS) is 21.9. The van der Waals surface area contributed by atoms with Gasteiger partial charge in [-0.05, 0) is 55.7 Å². The summed E-state index contributed by atoms with van der Waals surface area (Å²) in [4.78, 5) is 25.7. The van der Waals surface area contributed by atoms with Crippen molar-refractivity contribution in [3.8, 4) is 0 Å². The average Bonchev–Trinajstić information content (AvgIpc) is 3.13. The molecule has 2 amide bonds. The molecule has 0 aliphatic carbocycles. The van der Waals surface area contributed by atoms with Crippen molar-refractivity contribution in [2.75, 3.05) is 15.7 Å². The summed E-state index contributed by atoms with van der Waals surface area (Å²) < 4.78 is 28.3. The van der Waals surface area contributed by atoms with E-state index in [-0.39, 0.29) is 10.8 Å². The van der Waals surface area contributed by atoms with Crippen LogP contribution in [0.1, 0.15) is 37.7 Å². The van der Waals surface area contributed by atoms with Gasteiger partial charge in [-0.1, -0.05) is 18.2 Å². The van der Waals surface area contributed by atoms with Crippen LogP contribution in [-0.4, -0.2) is 32.8 Å². The van der Waals surface area contributed by atoms with E-state index in [9.17, 15) is 18.0 Å². The van der Waals surface area contributed by atoms with Crippen molar-refractivity contribution in [3.63, 3.8) is 0 Å². The zero-order valence-electron chi connectivity index (χ0n) is 16.1. The molecule has 0 spiro atoms. The van der Waals surface area contributed by atoms with Crippen LogP contribution in [0.5, 0.6) is 0 Å². The highest BCUT2D eigenvalue weighted by atomic mass is 32.2. The molecule has 0 radical (unpaired) electrons. The lowest BCUT2D eigenvalue weighted by Gasteiger charge is -2.38. The van der Waals surface area contributed by atoms with Crippen LogP contribution in [0.3, 0.4) is 0 Å². The van der Waals surface area contributed by atoms with Gasteiger partial charge in [0.1, 0.15) is 0 Å². The number of carbonyl (C=O) groups is 2. The van der Waals surface area contributed by atoms with Crippen LogP contribution in [0.2, 0.25) is 0 Å². The molecule has 29 heavy (non-hydrogen) atoms. The van der Waals surface area contributed by atoms with E-state index >= 15 is 0 Å². The van der Waals surface area contributed by atoms with Gasteiger partial charge in [0.15, 0.2) is 0 Å². The molecule has 0 aromatic heterocycles. The molecule has 2 aliphatic heterocycles. The first kappa shape index (κ1) is 19.4. The molecule has 4 rings (SSSR count). The molecule has 2 aromatic rings. The number of sulfonamides is 1. The molecule has 2 aromatic carbocycles. The molecule has 0 saturated carbocycles. The van der Waals surface area contributed by atoms with Crippen molar-refractivity contribution >= 4 is 33.2 Å². The standard InChI is InChI=1S/C21H23N3O4S/c1-14-13-18(21(22)26)17-5-2-3-6-19(17)24(14)29(27,28)16-10-8-15(9-11-16)23-12-4-7-20(23)25/h2-3,5-6,8-11,14,18H,4,7,12-13H2,1H3,(H2,22,26)/t14-,18+/m1/s1. The van der Waals surface area contributed by atoms with E-state index in [0.29, 0.717) is 36.3 Å². The Bertz CT molecular complexity index is 1070. The summed E-state index contributed by atoms with van der Waals surface area (Å²) in [7, 11) is -3.85. The van der Waals surface area contributed by atoms with Gasteiger partial charge in [0.25, 0.3) is 10.0 Å². The van der Waals surface area contributed by atoms with E-state index in [4.69, 9.17) is 5.73 Å². The molecule has 7 nitrogen and oxygen atoms in total. The van der Waals surface area contributed by atoms with Crippen molar-refractivity contribution in [2.45, 2.75) is 43.0 Å². The monoisotopic (exact) mass is 413 g/mol. The predicted molar refractivity (Wildman–Crippen MR) is 110 cm³/mol. The second kappa shape index (κ2) is 7.18. The molecule has 2 aliphatic rings. The fourth-order valence-corrected chi connectivity index (χ4v) is 5.94. The number of primary amides is 1. The molecule has 2 N–H and O–H groups in total. The van der Waals surface area contributed by atoms with E-state index in [1.54, 1.807) is 48.2 Å². The topological polar surface area (TPSA) is 101 Å². The molecule has 8 heteroatoms. The number of benzene rings is 2. The third-order valence-corrected chi connectivity index (χ3v) is 7.59. The van der Waals surface area contributed by atoms with Crippen molar-refractivity contribution in [2.24, 2.45) is 5.73 Å². The lowest BCUT2D eigenvalue weighted by Crippen LogP contribution is -2.45. The largest absolute Gasteiger partial charge is 0.369 e. The quantitative estimate of drug-likeness (QED) is 0.831. The number of carbonyl (C=O) groups excluding carboxylic acids is 2. The Kier molecular flexibility index (Phi) is 4.82. The Labute approximate surface area is 170 Å². The van der Waals surface area contributed by atoms with Gasteiger partial charge in [-0.3, -0.25) is 13.9 Å². The van der Waals surface area contributed by atoms with Gasteiger partial charge < -0.3 is 10.6 Å². The maximum Gasteiger partial charge on any atom is 0.264 e. The SMILES string of the molecule is C[C@@H]1C[C@H](C(N)=O)c2ccccc2N1S(=O)(=O)c1ccc(N2CCCC2=O)cc1. The maximum absolute atomic E-state index is 13.5. The molecule has 1 saturated heterocycles. The van der Waals surface area contributed by atoms with E-state index in [1.165, 1.54) is 16.4 Å². The van der Waals surface area contributed by atoms with Gasteiger partial charge >= 0.3 is 0 Å². The second-order valence-electron chi connectivity index (χ2n) is 7.54. The summed E-state index contributed by atoms with van der Waals surface area (Å²) >= 11 is 0. The lowest BCUT2D eigenvalue weighted by atomic mass is 9.87. The third kappa shape index (κ3) is 3.27. The van der Waals surface area contributed by atoms with E-state index in [0.717, 1.165) is 6.42 Å². The lowest BCUT2D eigenvalue weighted by molar-refractivity contribution is -0.120. The summed E-state index contributed by atoms with van der Waals surface area (Å²) in [5.41, 5.74) is 7.37. The average molecular weight is 413 g/mol. The zero-order chi connectivity index (χ0) is 20.8. The van der Waals surface area contributed by atoms with Crippen LogP contribution in [0, 0.1) is 0 Å². The number of anilines is 2. The van der Waals surface area contributed by atoms with E-state index in [2.05, 4.69) is 0 Å². The fraction of sp³-hybridized carbons (Fsp3) is 0.333. The third-order valence-electron chi connectivity index (χ3n) is 5.65. The van der Waals surface area contributed by atoms with Crippen LogP contribution in [-0.2, 0) is 19.6 Å². The summed E-state index contributed by atoms with van der Waals surface area (Å²) in [6.07, 6.45) is 1.65. The van der Waals surface area contributed by atoms with E-state index in [1.807, 2.05) is 0 Å². The van der Waals surface area contributed by atoms with Crippen molar-refractivity contribution in [1.29, 1.82) is 0 Å². The Balaban J connectivity index is 1.72. The van der Waals surface area contributed by atoms with Crippen LogP contribution < -0.4 is 14.9 Å². The number of para-hydroxylation sites is 1. The van der Waals surface area contributed by atoms with Gasteiger partial charge in [0.05, 0.1) is 16.5 Å². The maximum atomic E-state index is 13.5. The molecular formula is C21H23N3O4S. The van der Waals surface area contributed by atoms with Crippen molar-refractivity contribution in [3.05, 3.63) is 54.1 Å². The predicted octanol–water partition coefficient (Wildman–Crippen LogP) is 2.37. The minimum Gasteiger partial charge on any atom is -0.369 e. The number of nitrogens with zero attached hydrogens (tertiary/aromatic N) is 2. The number of amides is 2. The van der Waals surface area contributed by atoms with Gasteiger partial charge in [-0.15, -0.1) is 0 Å². The number of rotatable bonds is 4. The smallest absolute Gasteiger partial charge is 0.264 e. The summed E-state index contributed by atoms with van der Waals surface area (Å²) in [5, 5.41) is 0. The number of hydrogen-bond donors (Lipinski definition) is 1. The van der Waals surface area contributed by atoms with Gasteiger partial charge in [0.2, 0.25) is 11.8 Å². The molecule has 0 unspecified atom stereocenters. The highest BCUT2D eigenvalue weighted by Gasteiger charge is 2.39. The molecule has 1 fully saturated rings. The van der Waals surface area contributed by atoms with Crippen LogP contribution >= 0.6 is 0 Å². The number of nitrogens with two attached hydrogens (primary N) is 1. The minimum atomic E-state index is -3.85. The van der Waals surface area contributed by atoms with Crippen molar-refractivity contribution in [1.82, 2.24) is 0 Å². The number of hydrogen-bond acceptors (Lipinski definition) is 4. The van der Waals surface area contributed by atoms with Crippen LogP contribution in [0.15, 0.2) is 53.4 Å². The highest BCUT2D eigenvalue weighted by molar-refractivity contribution is 7.92. The van der Waals surface area contributed by atoms with Gasteiger partial charge in [-0.2, -0.15) is 0 Å². The van der Waals surface area contributed by atoms with E-state index < -0.39 is 27.9 Å². The molecule has 2 heterocycles. The van der Waals surface area contributed by atoms with Crippen molar-refractivity contribution < 1.29 is 18.0 Å². The van der Waals surface area contributed by atoms with Gasteiger partial charge in [-0.25, -0.2) is 8.42 Å². The Morgan fingerprint density at radius 3 is 2.41 bits per heavy atom.